The van der Waals surface area contributed by atoms with Crippen LogP contribution in [0.15, 0.2) is 120 Å². The minimum Gasteiger partial charge on any atom is -0.274 e. The van der Waals surface area contributed by atoms with Crippen LogP contribution in [-0.2, 0) is 26.2 Å². The summed E-state index contributed by atoms with van der Waals surface area (Å²) >= 11 is 6.54. The van der Waals surface area contributed by atoms with Gasteiger partial charge in [-0.15, -0.1) is 0 Å². The van der Waals surface area contributed by atoms with Crippen LogP contribution in [-0.4, -0.2) is 23.9 Å². The molecule has 7 heteroatoms. The lowest BCUT2D eigenvalue weighted by atomic mass is 9.47. The van der Waals surface area contributed by atoms with Gasteiger partial charge in [0, 0.05) is 12.1 Å². The molecule has 0 saturated carbocycles. The number of carbonyl (C=O) groups is 3. The summed E-state index contributed by atoms with van der Waals surface area (Å²) < 4.78 is 0. The molecule has 44 heavy (non-hydrogen) atoms. The smallest absolute Gasteiger partial charge is 0.244 e. The number of nitrogens with zero attached hydrogens (tertiary/aromatic N) is 2. The molecule has 2 bridgehead atoms. The predicted octanol–water partition coefficient (Wildman–Crippen LogP) is 6.39. The molecule has 0 aromatic heterocycles. The third-order valence-electron chi connectivity index (χ3n) is 9.47. The molecule has 6 nitrogen and oxygen atoms in total. The molecule has 4 aliphatic rings. The normalized spacial score (nSPS) is 23.1. The van der Waals surface area contributed by atoms with Crippen LogP contribution in [0.1, 0.15) is 33.7 Å². The average molecular weight is 596 g/mol. The number of nitrogens with one attached hydrogen (secondary N) is 1. The van der Waals surface area contributed by atoms with E-state index in [2.05, 4.69) is 10.5 Å². The van der Waals surface area contributed by atoms with Crippen LogP contribution in [0.3, 0.4) is 0 Å². The van der Waals surface area contributed by atoms with Gasteiger partial charge in [0.05, 0.1) is 34.4 Å². The maximum absolute atomic E-state index is 14.5. The number of anilines is 1. The summed E-state index contributed by atoms with van der Waals surface area (Å²) in [6.45, 7) is 0. The Labute approximate surface area is 259 Å². The van der Waals surface area contributed by atoms with Crippen molar-refractivity contribution in [1.82, 2.24) is 5.43 Å². The van der Waals surface area contributed by atoms with Gasteiger partial charge in [0.25, 0.3) is 0 Å². The SMILES string of the molecule is O=C(Cc1cccc2ccccc12)N/N=C\C12c3ccccc3C(c3ccccc31)[C@@H]1C(=O)N(c3ccccc3Cl)C(=O)[C@@H]12. The third kappa shape index (κ3) is 3.67. The summed E-state index contributed by atoms with van der Waals surface area (Å²) in [6.07, 6.45) is 1.82. The highest BCUT2D eigenvalue weighted by molar-refractivity contribution is 6.36. The topological polar surface area (TPSA) is 78.8 Å². The zero-order chi connectivity index (χ0) is 30.0. The zero-order valence-electron chi connectivity index (χ0n) is 23.5. The minimum atomic E-state index is -1.08. The van der Waals surface area contributed by atoms with Gasteiger partial charge in [-0.05, 0) is 50.7 Å². The van der Waals surface area contributed by atoms with Crippen molar-refractivity contribution < 1.29 is 14.4 Å². The zero-order valence-corrected chi connectivity index (χ0v) is 24.2. The van der Waals surface area contributed by atoms with Crippen LogP contribution in [0.5, 0.6) is 0 Å². The van der Waals surface area contributed by atoms with Gasteiger partial charge in [0.2, 0.25) is 17.7 Å². The van der Waals surface area contributed by atoms with Crippen LogP contribution >= 0.6 is 11.6 Å². The van der Waals surface area contributed by atoms with Crippen molar-refractivity contribution in [2.24, 2.45) is 16.9 Å². The molecule has 2 atom stereocenters. The molecule has 9 rings (SSSR count). The number of amides is 3. The fraction of sp³-hybridized carbons (Fsp3) is 0.135. The maximum atomic E-state index is 14.5. The largest absolute Gasteiger partial charge is 0.274 e. The van der Waals surface area contributed by atoms with E-state index in [-0.39, 0.29) is 30.1 Å². The van der Waals surface area contributed by atoms with Crippen molar-refractivity contribution in [3.63, 3.8) is 0 Å². The predicted molar refractivity (Wildman–Crippen MR) is 171 cm³/mol. The minimum absolute atomic E-state index is 0.144. The van der Waals surface area contributed by atoms with E-state index in [0.29, 0.717) is 10.7 Å². The van der Waals surface area contributed by atoms with Gasteiger partial charge in [-0.2, -0.15) is 5.10 Å². The second-order valence-corrected chi connectivity index (χ2v) is 12.0. The molecule has 1 saturated heterocycles. The Hall–Kier alpha value is -5.07. The summed E-state index contributed by atoms with van der Waals surface area (Å²) in [5.41, 5.74) is 6.74. The first-order valence-electron chi connectivity index (χ1n) is 14.6. The summed E-state index contributed by atoms with van der Waals surface area (Å²) in [5, 5.41) is 6.94. The van der Waals surface area contributed by atoms with Crippen LogP contribution in [0, 0.1) is 11.8 Å². The van der Waals surface area contributed by atoms with Gasteiger partial charge in [-0.1, -0.05) is 115 Å². The van der Waals surface area contributed by atoms with E-state index in [4.69, 9.17) is 11.6 Å². The number of hydrogen-bond donors (Lipinski definition) is 1. The fourth-order valence-electron chi connectivity index (χ4n) is 7.79. The van der Waals surface area contributed by atoms with E-state index in [1.807, 2.05) is 91.0 Å². The Balaban J connectivity index is 1.23. The number of imide groups is 1. The van der Waals surface area contributed by atoms with Gasteiger partial charge in [-0.3, -0.25) is 14.4 Å². The molecule has 214 valence electrons. The van der Waals surface area contributed by atoms with E-state index in [1.165, 1.54) is 4.90 Å². The fourth-order valence-corrected chi connectivity index (χ4v) is 8.01. The van der Waals surface area contributed by atoms with E-state index in [9.17, 15) is 14.4 Å². The number of benzene rings is 5. The summed E-state index contributed by atoms with van der Waals surface area (Å²) in [6, 6.07) is 36.7. The highest BCUT2D eigenvalue weighted by atomic mass is 35.5. The summed E-state index contributed by atoms with van der Waals surface area (Å²) in [5.74, 6) is -2.59. The molecule has 1 N–H and O–H groups in total. The molecule has 0 unspecified atom stereocenters. The highest BCUT2D eigenvalue weighted by Gasteiger charge is 2.68. The standard InChI is InChI=1S/C37H26ClN3O3/c38-29-18-7-8-19-30(29)41-35(43)33-32-25-14-3-5-16-27(25)37(34(33)36(41)44,28-17-6-4-15-26(28)32)21-39-40-31(42)20-23-12-9-11-22-10-1-2-13-24(22)23/h1-19,21,32-34H,20H2,(H,40,42)/b39-21-/t32?,33-,34+,37?/m0/s1. The molecule has 1 aliphatic heterocycles. The van der Waals surface area contributed by atoms with Crippen molar-refractivity contribution in [3.8, 4) is 0 Å². The van der Waals surface area contributed by atoms with Gasteiger partial charge in [0.15, 0.2) is 0 Å². The van der Waals surface area contributed by atoms with Gasteiger partial charge in [0.1, 0.15) is 0 Å². The molecule has 5 aromatic carbocycles. The molecular weight excluding hydrogens is 570 g/mol. The number of para-hydroxylation sites is 1. The number of rotatable bonds is 5. The Kier molecular flexibility index (Phi) is 6.03. The second-order valence-electron chi connectivity index (χ2n) is 11.6. The number of hydrazone groups is 1. The summed E-state index contributed by atoms with van der Waals surface area (Å²) in [4.78, 5) is 43.3. The van der Waals surface area contributed by atoms with Crippen LogP contribution in [0.25, 0.3) is 10.8 Å². The molecule has 0 spiro atoms. The van der Waals surface area contributed by atoms with E-state index >= 15 is 0 Å². The Morgan fingerprint density at radius 2 is 1.43 bits per heavy atom. The van der Waals surface area contributed by atoms with E-state index < -0.39 is 17.3 Å². The van der Waals surface area contributed by atoms with Gasteiger partial charge >= 0.3 is 0 Å². The molecule has 1 fully saturated rings. The van der Waals surface area contributed by atoms with Crippen molar-refractivity contribution >= 4 is 52.0 Å². The Morgan fingerprint density at radius 3 is 2.18 bits per heavy atom. The van der Waals surface area contributed by atoms with Gasteiger partial charge < -0.3 is 0 Å². The second kappa shape index (κ2) is 10.00. The van der Waals surface area contributed by atoms with Crippen molar-refractivity contribution in [2.45, 2.75) is 17.8 Å². The molecular formula is C37H26ClN3O3. The van der Waals surface area contributed by atoms with Crippen LogP contribution in [0.2, 0.25) is 5.02 Å². The molecule has 1 heterocycles. The Bertz CT molecular complexity index is 2000. The number of carbonyl (C=O) groups excluding carboxylic acids is 3. The molecule has 3 amide bonds. The van der Waals surface area contributed by atoms with Crippen LogP contribution in [0.4, 0.5) is 5.69 Å². The average Bonchev–Trinajstić information content (AvgIpc) is 3.32. The van der Waals surface area contributed by atoms with Crippen molar-refractivity contribution in [2.75, 3.05) is 4.90 Å². The number of fused-ring (bicyclic) bond motifs is 1. The van der Waals surface area contributed by atoms with E-state index in [0.717, 1.165) is 38.6 Å². The van der Waals surface area contributed by atoms with Crippen molar-refractivity contribution in [3.05, 3.63) is 148 Å². The van der Waals surface area contributed by atoms with E-state index in [1.54, 1.807) is 30.5 Å². The molecule has 3 aliphatic carbocycles. The van der Waals surface area contributed by atoms with Crippen molar-refractivity contribution in [1.29, 1.82) is 0 Å². The van der Waals surface area contributed by atoms with Crippen LogP contribution < -0.4 is 10.3 Å². The Morgan fingerprint density at radius 1 is 0.795 bits per heavy atom. The van der Waals surface area contributed by atoms with Gasteiger partial charge in [-0.25, -0.2) is 10.3 Å². The first-order chi connectivity index (χ1) is 21.5. The number of hydrogen-bond acceptors (Lipinski definition) is 4. The summed E-state index contributed by atoms with van der Waals surface area (Å²) in [7, 11) is 0. The first kappa shape index (κ1) is 26.5. The highest BCUT2D eigenvalue weighted by Crippen LogP contribution is 2.63. The first-order valence-corrected chi connectivity index (χ1v) is 15.0. The monoisotopic (exact) mass is 595 g/mol. The number of halogens is 1. The molecule has 5 aromatic rings. The lowest BCUT2D eigenvalue weighted by Gasteiger charge is -2.52. The quantitative estimate of drug-likeness (QED) is 0.145. The third-order valence-corrected chi connectivity index (χ3v) is 9.79. The maximum Gasteiger partial charge on any atom is 0.244 e. The lowest BCUT2D eigenvalue weighted by Crippen LogP contribution is -2.54. The lowest BCUT2D eigenvalue weighted by molar-refractivity contribution is -0.123. The molecule has 0 radical (unpaired) electrons.